The van der Waals surface area contributed by atoms with Crippen molar-refractivity contribution in [2.45, 2.75) is 31.5 Å². The standard InChI is InChI=1S/C27H24N4O3S/c1-17-8-6-7-11-24(17)34-15-25-29-30-27(31(25)20-9-4-3-5-10-20)35-16-23(32)19-12-13-22-21(14-19)18(2)26(33)28-22/h3-14,18H,15-16H2,1-2H3,(H,28,33)/t18-/m1/s1. The number of Topliss-reactive ketones (excluding diaryl/α,β-unsaturated/α-hetero) is 1. The van der Waals surface area contributed by atoms with Gasteiger partial charge in [0.25, 0.3) is 0 Å². The van der Waals surface area contributed by atoms with Gasteiger partial charge in [0.05, 0.1) is 11.7 Å². The van der Waals surface area contributed by atoms with Crippen LogP contribution < -0.4 is 10.1 Å². The number of carbonyl (C=O) groups excluding carboxylic acids is 2. The zero-order valence-electron chi connectivity index (χ0n) is 19.4. The van der Waals surface area contributed by atoms with Gasteiger partial charge in [-0.25, -0.2) is 0 Å². The molecule has 0 saturated carbocycles. The summed E-state index contributed by atoms with van der Waals surface area (Å²) in [5, 5.41) is 12.2. The zero-order valence-corrected chi connectivity index (χ0v) is 20.2. The Morgan fingerprint density at radius 1 is 1.06 bits per heavy atom. The average molecular weight is 485 g/mol. The Hall–Kier alpha value is -3.91. The Labute approximate surface area is 207 Å². The second-order valence-electron chi connectivity index (χ2n) is 8.35. The number of hydrogen-bond donors (Lipinski definition) is 1. The summed E-state index contributed by atoms with van der Waals surface area (Å²) in [5.41, 5.74) is 4.14. The summed E-state index contributed by atoms with van der Waals surface area (Å²) in [5.74, 6) is 1.28. The number of ether oxygens (including phenoxy) is 1. The number of amides is 1. The van der Waals surface area contributed by atoms with Crippen molar-refractivity contribution in [2.24, 2.45) is 0 Å². The molecule has 0 radical (unpaired) electrons. The SMILES string of the molecule is Cc1ccccc1OCc1nnc(SCC(=O)c2ccc3c(c2)[C@@H](C)C(=O)N3)n1-c1ccccc1. The minimum atomic E-state index is -0.262. The van der Waals surface area contributed by atoms with Crippen molar-refractivity contribution in [3.8, 4) is 11.4 Å². The quantitative estimate of drug-likeness (QED) is 0.274. The molecule has 1 N–H and O–H groups in total. The summed E-state index contributed by atoms with van der Waals surface area (Å²) in [6, 6.07) is 23.0. The summed E-state index contributed by atoms with van der Waals surface area (Å²) in [6.07, 6.45) is 0. The fraction of sp³-hybridized carbons (Fsp3) is 0.185. The maximum atomic E-state index is 13.0. The molecule has 4 aromatic rings. The summed E-state index contributed by atoms with van der Waals surface area (Å²) >= 11 is 1.33. The largest absolute Gasteiger partial charge is 0.485 e. The minimum Gasteiger partial charge on any atom is -0.485 e. The number of aryl methyl sites for hydroxylation is 1. The summed E-state index contributed by atoms with van der Waals surface area (Å²) in [6.45, 7) is 4.08. The minimum absolute atomic E-state index is 0.0373. The van der Waals surface area contributed by atoms with Crippen molar-refractivity contribution in [1.82, 2.24) is 14.8 Å². The summed E-state index contributed by atoms with van der Waals surface area (Å²) in [4.78, 5) is 24.9. The fourth-order valence-corrected chi connectivity index (χ4v) is 4.85. The van der Waals surface area contributed by atoms with Crippen LogP contribution in [-0.4, -0.2) is 32.2 Å². The highest BCUT2D eigenvalue weighted by molar-refractivity contribution is 7.99. The highest BCUT2D eigenvalue weighted by atomic mass is 32.2. The van der Waals surface area contributed by atoms with Gasteiger partial charge in [-0.05, 0) is 61.4 Å². The number of nitrogens with zero attached hydrogens (tertiary/aromatic N) is 3. The first-order chi connectivity index (χ1) is 17.0. The number of ketones is 1. The molecule has 0 bridgehead atoms. The highest BCUT2D eigenvalue weighted by Crippen LogP contribution is 2.33. The Morgan fingerprint density at radius 2 is 1.83 bits per heavy atom. The van der Waals surface area contributed by atoms with E-state index in [0.717, 1.165) is 28.3 Å². The van der Waals surface area contributed by atoms with Crippen LogP contribution in [0.3, 0.4) is 0 Å². The van der Waals surface area contributed by atoms with Gasteiger partial charge >= 0.3 is 0 Å². The topological polar surface area (TPSA) is 86.1 Å². The van der Waals surface area contributed by atoms with E-state index in [0.29, 0.717) is 16.5 Å². The van der Waals surface area contributed by atoms with Crippen molar-refractivity contribution in [1.29, 1.82) is 0 Å². The van der Waals surface area contributed by atoms with E-state index in [1.165, 1.54) is 11.8 Å². The number of carbonyl (C=O) groups is 2. The first-order valence-corrected chi connectivity index (χ1v) is 12.3. The Morgan fingerprint density at radius 3 is 2.63 bits per heavy atom. The molecule has 1 aliphatic rings. The predicted molar refractivity (Wildman–Crippen MR) is 135 cm³/mol. The number of aromatic nitrogens is 3. The predicted octanol–water partition coefficient (Wildman–Crippen LogP) is 5.19. The van der Waals surface area contributed by atoms with Crippen LogP contribution in [0.4, 0.5) is 5.69 Å². The number of hydrogen-bond acceptors (Lipinski definition) is 6. The van der Waals surface area contributed by atoms with Gasteiger partial charge in [-0.15, -0.1) is 10.2 Å². The third kappa shape index (κ3) is 4.70. The first-order valence-electron chi connectivity index (χ1n) is 11.3. The van der Waals surface area contributed by atoms with Crippen LogP contribution in [0.15, 0.2) is 78.0 Å². The number of fused-ring (bicyclic) bond motifs is 1. The maximum absolute atomic E-state index is 13.0. The van der Waals surface area contributed by atoms with E-state index in [9.17, 15) is 9.59 Å². The molecule has 176 valence electrons. The first kappa shape index (κ1) is 22.9. The van der Waals surface area contributed by atoms with Gasteiger partial charge in [-0.3, -0.25) is 14.2 Å². The normalized spacial score (nSPS) is 14.5. The van der Waals surface area contributed by atoms with Crippen LogP contribution in [0.25, 0.3) is 5.69 Å². The lowest BCUT2D eigenvalue weighted by Gasteiger charge is -2.12. The lowest BCUT2D eigenvalue weighted by molar-refractivity contribution is -0.116. The molecule has 3 aromatic carbocycles. The van der Waals surface area contributed by atoms with Crippen LogP contribution in [0.5, 0.6) is 5.75 Å². The zero-order chi connectivity index (χ0) is 24.4. The molecule has 0 unspecified atom stereocenters. The second kappa shape index (κ2) is 9.76. The third-order valence-electron chi connectivity index (χ3n) is 5.99. The molecule has 0 saturated heterocycles. The van der Waals surface area contributed by atoms with E-state index in [1.54, 1.807) is 12.1 Å². The summed E-state index contributed by atoms with van der Waals surface area (Å²) < 4.78 is 7.94. The number of rotatable bonds is 8. The van der Waals surface area contributed by atoms with E-state index < -0.39 is 0 Å². The van der Waals surface area contributed by atoms with Crippen molar-refractivity contribution in [3.05, 3.63) is 95.3 Å². The third-order valence-corrected chi connectivity index (χ3v) is 6.92. The average Bonchev–Trinajstić information content (AvgIpc) is 3.42. The van der Waals surface area contributed by atoms with E-state index in [1.807, 2.05) is 79.1 Å². The molecule has 8 heteroatoms. The van der Waals surface area contributed by atoms with Crippen LogP contribution in [-0.2, 0) is 11.4 Å². The number of benzene rings is 3. The molecule has 1 atom stereocenters. The van der Waals surface area contributed by atoms with Crippen LogP contribution in [0.2, 0.25) is 0 Å². The van der Waals surface area contributed by atoms with Crippen molar-refractivity contribution < 1.29 is 14.3 Å². The molecule has 7 nitrogen and oxygen atoms in total. The van der Waals surface area contributed by atoms with Gasteiger partial charge in [-0.2, -0.15) is 0 Å². The van der Waals surface area contributed by atoms with E-state index in [4.69, 9.17) is 4.74 Å². The van der Waals surface area contributed by atoms with Gasteiger partial charge in [-0.1, -0.05) is 48.2 Å². The molecule has 0 spiro atoms. The number of nitrogens with one attached hydrogen (secondary N) is 1. The number of anilines is 1. The molecule has 1 aromatic heterocycles. The van der Waals surface area contributed by atoms with Crippen molar-refractivity contribution in [2.75, 3.05) is 11.1 Å². The van der Waals surface area contributed by atoms with E-state index >= 15 is 0 Å². The lowest BCUT2D eigenvalue weighted by Crippen LogP contribution is -2.09. The summed E-state index contributed by atoms with van der Waals surface area (Å²) in [7, 11) is 0. The maximum Gasteiger partial charge on any atom is 0.231 e. The molecule has 1 amide bonds. The van der Waals surface area contributed by atoms with E-state index in [2.05, 4.69) is 15.5 Å². The van der Waals surface area contributed by atoms with Crippen LogP contribution >= 0.6 is 11.8 Å². The second-order valence-corrected chi connectivity index (χ2v) is 9.29. The molecule has 2 heterocycles. The van der Waals surface area contributed by atoms with Crippen LogP contribution in [0.1, 0.15) is 40.2 Å². The highest BCUT2D eigenvalue weighted by Gasteiger charge is 2.27. The van der Waals surface area contributed by atoms with Gasteiger partial charge < -0.3 is 10.1 Å². The molecular formula is C27H24N4O3S. The lowest BCUT2D eigenvalue weighted by atomic mass is 9.99. The molecule has 0 aliphatic carbocycles. The van der Waals surface area contributed by atoms with Gasteiger partial charge in [0.15, 0.2) is 16.8 Å². The van der Waals surface area contributed by atoms with Gasteiger partial charge in [0.2, 0.25) is 5.91 Å². The number of thioether (sulfide) groups is 1. The fourth-order valence-electron chi connectivity index (χ4n) is 3.99. The Kier molecular flexibility index (Phi) is 6.37. The van der Waals surface area contributed by atoms with Crippen LogP contribution in [0, 0.1) is 6.92 Å². The smallest absolute Gasteiger partial charge is 0.231 e. The van der Waals surface area contributed by atoms with E-state index in [-0.39, 0.29) is 30.0 Å². The molecule has 1 aliphatic heterocycles. The monoisotopic (exact) mass is 484 g/mol. The van der Waals surface area contributed by atoms with Gasteiger partial charge in [0.1, 0.15) is 12.4 Å². The molecule has 5 rings (SSSR count). The molecule has 35 heavy (non-hydrogen) atoms. The Bertz CT molecular complexity index is 1400. The van der Waals surface area contributed by atoms with Crippen molar-refractivity contribution >= 4 is 29.1 Å². The Balaban J connectivity index is 1.36. The number of para-hydroxylation sites is 2. The molecule has 0 fully saturated rings. The molecular weight excluding hydrogens is 460 g/mol. The van der Waals surface area contributed by atoms with Crippen molar-refractivity contribution in [3.63, 3.8) is 0 Å². The van der Waals surface area contributed by atoms with Gasteiger partial charge in [0, 0.05) is 16.9 Å².